The first-order chi connectivity index (χ1) is 15.4. The van der Waals surface area contributed by atoms with Gasteiger partial charge in [-0.25, -0.2) is 4.39 Å². The van der Waals surface area contributed by atoms with E-state index < -0.39 is 5.92 Å². The second kappa shape index (κ2) is 9.72. The molecule has 4 nitrogen and oxygen atoms in total. The molecule has 1 aliphatic rings. The smallest absolute Gasteiger partial charge is 0.255 e. The van der Waals surface area contributed by atoms with Crippen molar-refractivity contribution < 1.29 is 14.0 Å². The summed E-state index contributed by atoms with van der Waals surface area (Å²) in [6, 6.07) is 20.4. The Bertz CT molecular complexity index is 1120. The van der Waals surface area contributed by atoms with E-state index in [1.807, 2.05) is 30.3 Å². The van der Waals surface area contributed by atoms with Gasteiger partial charge in [0, 0.05) is 30.6 Å². The van der Waals surface area contributed by atoms with Crippen molar-refractivity contribution in [3.05, 3.63) is 105 Å². The van der Waals surface area contributed by atoms with E-state index in [-0.39, 0.29) is 41.7 Å². The Kier molecular flexibility index (Phi) is 6.77. The first kappa shape index (κ1) is 22.3. The van der Waals surface area contributed by atoms with Gasteiger partial charge in [-0.1, -0.05) is 65.7 Å². The minimum absolute atomic E-state index is 0.152. The molecule has 7 heteroatoms. The monoisotopic (exact) mass is 470 g/mol. The van der Waals surface area contributed by atoms with Gasteiger partial charge in [-0.05, 0) is 41.5 Å². The Labute approximate surface area is 195 Å². The summed E-state index contributed by atoms with van der Waals surface area (Å²) in [5.41, 5.74) is 2.15. The maximum Gasteiger partial charge on any atom is 0.255 e. The van der Waals surface area contributed by atoms with E-state index in [1.165, 1.54) is 18.2 Å². The molecule has 0 bridgehead atoms. The molecule has 2 unspecified atom stereocenters. The van der Waals surface area contributed by atoms with Gasteiger partial charge in [-0.3, -0.25) is 9.59 Å². The molecule has 0 saturated carbocycles. The number of hydrogen-bond donors (Lipinski definition) is 1. The molecule has 3 aromatic carbocycles. The van der Waals surface area contributed by atoms with Gasteiger partial charge in [0.2, 0.25) is 5.91 Å². The van der Waals surface area contributed by atoms with Crippen molar-refractivity contribution in [2.75, 3.05) is 13.1 Å². The van der Waals surface area contributed by atoms with Crippen molar-refractivity contribution in [3.8, 4) is 0 Å². The molecule has 1 aliphatic heterocycles. The van der Waals surface area contributed by atoms with Crippen LogP contribution in [0.5, 0.6) is 0 Å². The van der Waals surface area contributed by atoms with Gasteiger partial charge in [0.25, 0.3) is 5.91 Å². The molecule has 0 aromatic heterocycles. The lowest BCUT2D eigenvalue weighted by molar-refractivity contribution is -0.125. The van der Waals surface area contributed by atoms with E-state index in [1.54, 1.807) is 29.2 Å². The minimum atomic E-state index is -0.423. The highest BCUT2D eigenvalue weighted by Crippen LogP contribution is 2.34. The van der Waals surface area contributed by atoms with Crippen LogP contribution in [0.3, 0.4) is 0 Å². The zero-order valence-corrected chi connectivity index (χ0v) is 18.6. The summed E-state index contributed by atoms with van der Waals surface area (Å²) in [5.74, 6) is -1.29. The Morgan fingerprint density at radius 1 is 0.969 bits per heavy atom. The van der Waals surface area contributed by atoms with Crippen molar-refractivity contribution in [2.24, 2.45) is 5.92 Å². The summed E-state index contributed by atoms with van der Waals surface area (Å²) in [4.78, 5) is 27.9. The second-order valence-corrected chi connectivity index (χ2v) is 8.65. The first-order valence-corrected chi connectivity index (χ1v) is 11.0. The van der Waals surface area contributed by atoms with Gasteiger partial charge >= 0.3 is 0 Å². The summed E-state index contributed by atoms with van der Waals surface area (Å²) >= 11 is 12.2. The topological polar surface area (TPSA) is 49.4 Å². The molecule has 1 saturated heterocycles. The molecule has 0 spiro atoms. The molecule has 2 atom stereocenters. The standard InChI is InChI=1S/C25H21Cl2FN2O2/c26-18-8-11-20(23(27)12-18)25(32)30-14-21(17-4-2-1-3-5-17)22(15-30)24(31)29-13-16-6-9-19(28)10-7-16/h1-12,21-22H,13-15H2,(H,29,31). The van der Waals surface area contributed by atoms with Gasteiger partial charge in [0.05, 0.1) is 16.5 Å². The summed E-state index contributed by atoms with van der Waals surface area (Å²) in [6.07, 6.45) is 0. The molecular weight excluding hydrogens is 450 g/mol. The van der Waals surface area contributed by atoms with Gasteiger partial charge in [-0.15, -0.1) is 0 Å². The third-order valence-corrected chi connectivity index (χ3v) is 6.26. The van der Waals surface area contributed by atoms with E-state index in [0.717, 1.165) is 11.1 Å². The van der Waals surface area contributed by atoms with Crippen LogP contribution in [0.1, 0.15) is 27.4 Å². The molecule has 4 rings (SSSR count). The molecular formula is C25H21Cl2FN2O2. The highest BCUT2D eigenvalue weighted by Gasteiger charge is 2.40. The number of hydrogen-bond acceptors (Lipinski definition) is 2. The predicted molar refractivity (Wildman–Crippen MR) is 123 cm³/mol. The van der Waals surface area contributed by atoms with Crippen molar-refractivity contribution in [1.82, 2.24) is 10.2 Å². The van der Waals surface area contributed by atoms with Gasteiger partial charge in [0.15, 0.2) is 0 Å². The predicted octanol–water partition coefficient (Wildman–Crippen LogP) is 5.30. The fourth-order valence-electron chi connectivity index (χ4n) is 4.03. The number of carbonyl (C=O) groups is 2. The van der Waals surface area contributed by atoms with Crippen LogP contribution in [0, 0.1) is 11.7 Å². The van der Waals surface area contributed by atoms with Crippen LogP contribution in [0.2, 0.25) is 10.0 Å². The molecule has 0 radical (unpaired) electrons. The van der Waals surface area contributed by atoms with Crippen molar-refractivity contribution in [2.45, 2.75) is 12.5 Å². The van der Waals surface area contributed by atoms with Crippen molar-refractivity contribution >= 4 is 35.0 Å². The van der Waals surface area contributed by atoms with Gasteiger partial charge in [0.1, 0.15) is 5.82 Å². The van der Waals surface area contributed by atoms with E-state index >= 15 is 0 Å². The summed E-state index contributed by atoms with van der Waals surface area (Å²) < 4.78 is 13.1. The molecule has 2 amide bonds. The van der Waals surface area contributed by atoms with E-state index in [0.29, 0.717) is 17.1 Å². The van der Waals surface area contributed by atoms with Crippen LogP contribution in [0.25, 0.3) is 0 Å². The molecule has 3 aromatic rings. The van der Waals surface area contributed by atoms with Crippen LogP contribution in [0.4, 0.5) is 4.39 Å². The zero-order chi connectivity index (χ0) is 22.7. The minimum Gasteiger partial charge on any atom is -0.352 e. The number of likely N-dealkylation sites (tertiary alicyclic amines) is 1. The molecule has 1 N–H and O–H groups in total. The van der Waals surface area contributed by atoms with Crippen LogP contribution in [-0.4, -0.2) is 29.8 Å². The Morgan fingerprint density at radius 3 is 2.38 bits per heavy atom. The average molecular weight is 471 g/mol. The number of halogens is 3. The largest absolute Gasteiger partial charge is 0.352 e. The molecule has 1 heterocycles. The third kappa shape index (κ3) is 4.95. The van der Waals surface area contributed by atoms with Crippen LogP contribution >= 0.6 is 23.2 Å². The summed E-state index contributed by atoms with van der Waals surface area (Å²) in [7, 11) is 0. The Morgan fingerprint density at radius 2 is 1.69 bits per heavy atom. The first-order valence-electron chi connectivity index (χ1n) is 10.2. The van der Waals surface area contributed by atoms with E-state index in [2.05, 4.69) is 5.32 Å². The maximum absolute atomic E-state index is 13.2. The van der Waals surface area contributed by atoms with Crippen molar-refractivity contribution in [3.63, 3.8) is 0 Å². The maximum atomic E-state index is 13.2. The van der Waals surface area contributed by atoms with Crippen molar-refractivity contribution in [1.29, 1.82) is 0 Å². The highest BCUT2D eigenvalue weighted by molar-refractivity contribution is 6.36. The highest BCUT2D eigenvalue weighted by atomic mass is 35.5. The Hall–Kier alpha value is -2.89. The molecule has 164 valence electrons. The molecule has 0 aliphatic carbocycles. The number of benzene rings is 3. The lowest BCUT2D eigenvalue weighted by Gasteiger charge is -2.18. The fraction of sp³-hybridized carbons (Fsp3) is 0.200. The zero-order valence-electron chi connectivity index (χ0n) is 17.1. The molecule has 32 heavy (non-hydrogen) atoms. The third-order valence-electron chi connectivity index (χ3n) is 5.71. The van der Waals surface area contributed by atoms with Crippen LogP contribution < -0.4 is 5.32 Å². The number of nitrogens with zero attached hydrogens (tertiary/aromatic N) is 1. The lowest BCUT2D eigenvalue weighted by atomic mass is 9.88. The van der Waals surface area contributed by atoms with Gasteiger partial charge in [-0.2, -0.15) is 0 Å². The lowest BCUT2D eigenvalue weighted by Crippen LogP contribution is -2.35. The second-order valence-electron chi connectivity index (χ2n) is 7.80. The number of carbonyl (C=O) groups excluding carboxylic acids is 2. The quantitative estimate of drug-likeness (QED) is 0.549. The fourth-order valence-corrected chi connectivity index (χ4v) is 4.52. The summed E-state index contributed by atoms with van der Waals surface area (Å²) in [5, 5.41) is 3.67. The number of nitrogens with one attached hydrogen (secondary N) is 1. The van der Waals surface area contributed by atoms with E-state index in [4.69, 9.17) is 23.2 Å². The molecule has 1 fully saturated rings. The SMILES string of the molecule is O=C(NCc1ccc(F)cc1)C1CN(C(=O)c2ccc(Cl)cc2Cl)CC1c1ccccc1. The Balaban J connectivity index is 1.54. The van der Waals surface area contributed by atoms with Crippen LogP contribution in [0.15, 0.2) is 72.8 Å². The summed E-state index contributed by atoms with van der Waals surface area (Å²) in [6.45, 7) is 0.955. The number of rotatable bonds is 5. The average Bonchev–Trinajstić information content (AvgIpc) is 3.24. The van der Waals surface area contributed by atoms with E-state index in [9.17, 15) is 14.0 Å². The normalized spacial score (nSPS) is 17.9. The van der Waals surface area contributed by atoms with Gasteiger partial charge < -0.3 is 10.2 Å². The number of amides is 2. The van der Waals surface area contributed by atoms with Crippen LogP contribution in [-0.2, 0) is 11.3 Å².